The Kier molecular flexibility index (Phi) is 5.51. The molecule has 0 atom stereocenters. The number of ether oxygens (including phenoxy) is 1. The van der Waals surface area contributed by atoms with Crippen molar-refractivity contribution in [3.63, 3.8) is 0 Å². The molecule has 5 nitrogen and oxygen atoms in total. The number of anilines is 1. The van der Waals surface area contributed by atoms with Crippen LogP contribution in [0.15, 0.2) is 30.3 Å². The van der Waals surface area contributed by atoms with Crippen LogP contribution >= 0.6 is 0 Å². The van der Waals surface area contributed by atoms with E-state index in [2.05, 4.69) is 22.2 Å². The minimum atomic E-state index is -0.0666. The zero-order valence-corrected chi connectivity index (χ0v) is 12.5. The van der Waals surface area contributed by atoms with Crippen LogP contribution in [0.25, 0.3) is 0 Å². The molecular formula is C16H21N3O2. The fourth-order valence-electron chi connectivity index (χ4n) is 1.87. The van der Waals surface area contributed by atoms with E-state index in [9.17, 15) is 5.11 Å². The summed E-state index contributed by atoms with van der Waals surface area (Å²) < 4.78 is 5.81. The average Bonchev–Trinajstić information content (AvgIpc) is 2.53. The maximum atomic E-state index is 9.34. The Morgan fingerprint density at radius 2 is 2.00 bits per heavy atom. The minimum absolute atomic E-state index is 0.0666. The molecule has 1 aromatic carbocycles. The molecule has 0 saturated carbocycles. The third-order valence-corrected chi connectivity index (χ3v) is 2.98. The largest absolute Gasteiger partial charge is 0.438 e. The maximum Gasteiger partial charge on any atom is 0.224 e. The first kappa shape index (κ1) is 15.3. The molecule has 0 radical (unpaired) electrons. The van der Waals surface area contributed by atoms with Gasteiger partial charge in [-0.25, -0.2) is 4.98 Å². The smallest absolute Gasteiger partial charge is 0.224 e. The van der Waals surface area contributed by atoms with E-state index >= 15 is 0 Å². The lowest BCUT2D eigenvalue weighted by molar-refractivity contribution is 0.276. The number of benzene rings is 1. The number of nitrogens with zero attached hydrogens (tertiary/aromatic N) is 2. The van der Waals surface area contributed by atoms with Crippen molar-refractivity contribution >= 4 is 5.82 Å². The van der Waals surface area contributed by atoms with Gasteiger partial charge in [0.1, 0.15) is 17.4 Å². The van der Waals surface area contributed by atoms with Gasteiger partial charge in [0.05, 0.1) is 6.61 Å². The Balaban J connectivity index is 2.25. The Hall–Kier alpha value is -2.14. The lowest BCUT2D eigenvalue weighted by Crippen LogP contribution is -2.06. The molecule has 0 aliphatic rings. The molecule has 1 heterocycles. The number of aliphatic hydroxyl groups is 1. The van der Waals surface area contributed by atoms with Gasteiger partial charge in [0.2, 0.25) is 5.88 Å². The van der Waals surface area contributed by atoms with Crippen molar-refractivity contribution in [2.24, 2.45) is 0 Å². The topological polar surface area (TPSA) is 67.3 Å². The van der Waals surface area contributed by atoms with Crippen LogP contribution in [0.5, 0.6) is 11.6 Å². The first-order valence-electron chi connectivity index (χ1n) is 7.25. The minimum Gasteiger partial charge on any atom is -0.438 e. The molecule has 2 N–H and O–H groups in total. The normalized spacial score (nSPS) is 10.4. The van der Waals surface area contributed by atoms with Gasteiger partial charge >= 0.3 is 0 Å². The average molecular weight is 287 g/mol. The third kappa shape index (κ3) is 4.16. The van der Waals surface area contributed by atoms with Crippen molar-refractivity contribution < 1.29 is 9.84 Å². The molecule has 112 valence electrons. The standard InChI is InChI=1S/C16H21N3O2/c1-3-9-17-15-10-16(19-14(4-2)18-15)21-13-8-6-5-7-12(13)11-20/h5-8,10,20H,3-4,9,11H2,1-2H3,(H,17,18,19). The van der Waals surface area contributed by atoms with E-state index in [1.165, 1.54) is 0 Å². The number of aromatic nitrogens is 2. The molecule has 0 amide bonds. The van der Waals surface area contributed by atoms with Crippen molar-refractivity contribution in [1.82, 2.24) is 9.97 Å². The SMILES string of the molecule is CCCNc1cc(Oc2ccccc2CO)nc(CC)n1. The van der Waals surface area contributed by atoms with Crippen LogP contribution in [0.3, 0.4) is 0 Å². The van der Waals surface area contributed by atoms with Gasteiger partial charge < -0.3 is 15.2 Å². The van der Waals surface area contributed by atoms with Gasteiger partial charge in [-0.2, -0.15) is 4.98 Å². The second-order valence-corrected chi connectivity index (χ2v) is 4.66. The van der Waals surface area contributed by atoms with Crippen LogP contribution in [0.2, 0.25) is 0 Å². The molecule has 21 heavy (non-hydrogen) atoms. The molecule has 0 spiro atoms. The van der Waals surface area contributed by atoms with Crippen molar-refractivity contribution in [2.45, 2.75) is 33.3 Å². The van der Waals surface area contributed by atoms with E-state index in [0.29, 0.717) is 11.6 Å². The first-order chi connectivity index (χ1) is 10.3. The molecule has 0 fully saturated rings. The van der Waals surface area contributed by atoms with E-state index < -0.39 is 0 Å². The zero-order valence-electron chi connectivity index (χ0n) is 12.5. The van der Waals surface area contributed by atoms with Crippen LogP contribution in [0, 0.1) is 0 Å². The van der Waals surface area contributed by atoms with Crippen LogP contribution in [0.4, 0.5) is 5.82 Å². The quantitative estimate of drug-likeness (QED) is 0.819. The van der Waals surface area contributed by atoms with E-state index in [1.54, 1.807) is 6.07 Å². The summed E-state index contributed by atoms with van der Waals surface area (Å²) in [5, 5.41) is 12.6. The summed E-state index contributed by atoms with van der Waals surface area (Å²) >= 11 is 0. The molecule has 2 aromatic rings. The second kappa shape index (κ2) is 7.59. The number of nitrogens with one attached hydrogen (secondary N) is 1. The number of hydrogen-bond acceptors (Lipinski definition) is 5. The van der Waals surface area contributed by atoms with Gasteiger partial charge in [0.25, 0.3) is 0 Å². The van der Waals surface area contributed by atoms with Crippen molar-refractivity contribution in [1.29, 1.82) is 0 Å². The van der Waals surface area contributed by atoms with Crippen LogP contribution in [0.1, 0.15) is 31.7 Å². The Labute approximate surface area is 125 Å². The molecule has 1 aromatic heterocycles. The highest BCUT2D eigenvalue weighted by Crippen LogP contribution is 2.25. The molecule has 0 unspecified atom stereocenters. The van der Waals surface area contributed by atoms with Gasteiger partial charge in [0.15, 0.2) is 0 Å². The highest BCUT2D eigenvalue weighted by molar-refractivity contribution is 5.41. The lowest BCUT2D eigenvalue weighted by atomic mass is 10.2. The zero-order chi connectivity index (χ0) is 15.1. The van der Waals surface area contributed by atoms with E-state index in [1.807, 2.05) is 31.2 Å². The lowest BCUT2D eigenvalue weighted by Gasteiger charge is -2.11. The van der Waals surface area contributed by atoms with Gasteiger partial charge in [-0.3, -0.25) is 0 Å². The highest BCUT2D eigenvalue weighted by atomic mass is 16.5. The third-order valence-electron chi connectivity index (χ3n) is 2.98. The monoisotopic (exact) mass is 287 g/mol. The molecular weight excluding hydrogens is 266 g/mol. The van der Waals surface area contributed by atoms with E-state index in [4.69, 9.17) is 4.74 Å². The predicted octanol–water partition coefficient (Wildman–Crippen LogP) is 3.15. The summed E-state index contributed by atoms with van der Waals surface area (Å²) in [7, 11) is 0. The van der Waals surface area contributed by atoms with Crippen molar-refractivity contribution in [3.05, 3.63) is 41.7 Å². The Morgan fingerprint density at radius 3 is 2.71 bits per heavy atom. The predicted molar refractivity (Wildman–Crippen MR) is 82.6 cm³/mol. The van der Waals surface area contributed by atoms with Gasteiger partial charge in [-0.05, 0) is 12.5 Å². The van der Waals surface area contributed by atoms with Gasteiger partial charge in [-0.1, -0.05) is 32.0 Å². The molecule has 0 saturated heterocycles. The highest BCUT2D eigenvalue weighted by Gasteiger charge is 2.08. The Morgan fingerprint density at radius 1 is 1.19 bits per heavy atom. The van der Waals surface area contributed by atoms with Crippen LogP contribution in [-0.4, -0.2) is 21.6 Å². The molecule has 0 aliphatic heterocycles. The molecule has 2 rings (SSSR count). The maximum absolute atomic E-state index is 9.34. The first-order valence-corrected chi connectivity index (χ1v) is 7.25. The summed E-state index contributed by atoms with van der Waals surface area (Å²) in [5.74, 6) is 2.59. The fraction of sp³-hybridized carbons (Fsp3) is 0.375. The summed E-state index contributed by atoms with van der Waals surface area (Å²) in [6, 6.07) is 9.16. The summed E-state index contributed by atoms with van der Waals surface area (Å²) in [6.45, 7) is 4.89. The number of hydrogen-bond donors (Lipinski definition) is 2. The number of aliphatic hydroxyl groups excluding tert-OH is 1. The number of aryl methyl sites for hydroxylation is 1. The van der Waals surface area contributed by atoms with Crippen LogP contribution < -0.4 is 10.1 Å². The second-order valence-electron chi connectivity index (χ2n) is 4.66. The van der Waals surface area contributed by atoms with Gasteiger partial charge in [-0.15, -0.1) is 0 Å². The summed E-state index contributed by atoms with van der Waals surface area (Å²) in [6.07, 6.45) is 1.76. The summed E-state index contributed by atoms with van der Waals surface area (Å²) in [4.78, 5) is 8.80. The number of rotatable bonds is 7. The summed E-state index contributed by atoms with van der Waals surface area (Å²) in [5.41, 5.74) is 0.734. The molecule has 5 heteroatoms. The molecule has 0 aliphatic carbocycles. The molecule has 0 bridgehead atoms. The van der Waals surface area contributed by atoms with Crippen molar-refractivity contribution in [2.75, 3.05) is 11.9 Å². The fourth-order valence-corrected chi connectivity index (χ4v) is 1.87. The van der Waals surface area contributed by atoms with Gasteiger partial charge in [0, 0.05) is 24.6 Å². The van der Waals surface area contributed by atoms with Crippen molar-refractivity contribution in [3.8, 4) is 11.6 Å². The van der Waals surface area contributed by atoms with Crippen LogP contribution in [-0.2, 0) is 13.0 Å². The van der Waals surface area contributed by atoms with E-state index in [0.717, 1.165) is 36.6 Å². The number of para-hydroxylation sites is 1. The Bertz CT molecular complexity index is 587. The van der Waals surface area contributed by atoms with E-state index in [-0.39, 0.29) is 6.61 Å².